The second kappa shape index (κ2) is 5.90. The largest absolute Gasteiger partial charge is 0.320 e. The number of H-pyrrole nitrogens is 1. The lowest BCUT2D eigenvalue weighted by Crippen LogP contribution is -2.11. The van der Waals surface area contributed by atoms with Gasteiger partial charge >= 0.3 is 0 Å². The molecule has 0 saturated carbocycles. The average molecular weight is 288 g/mol. The molecule has 0 aliphatic carbocycles. The molecular formula is C14H16N4OS. The van der Waals surface area contributed by atoms with Crippen molar-refractivity contribution in [2.75, 3.05) is 11.9 Å². The van der Waals surface area contributed by atoms with E-state index in [1.54, 1.807) is 0 Å². The molecule has 4 N–H and O–H groups in total. The van der Waals surface area contributed by atoms with Gasteiger partial charge in [-0.1, -0.05) is 11.8 Å². The Bertz CT molecular complexity index is 683. The Hall–Kier alpha value is -2.10. The Morgan fingerprint density at radius 1 is 1.50 bits per heavy atom. The minimum atomic E-state index is -0.147. The van der Waals surface area contributed by atoms with Crippen LogP contribution in [0.5, 0.6) is 0 Å². The Kier molecular flexibility index (Phi) is 4.23. The molecular weight excluding hydrogens is 272 g/mol. The first-order chi connectivity index (χ1) is 9.52. The van der Waals surface area contributed by atoms with Crippen molar-refractivity contribution in [1.82, 2.24) is 10.2 Å². The van der Waals surface area contributed by atoms with Crippen LogP contribution in [0.3, 0.4) is 0 Å². The minimum absolute atomic E-state index is 0.147. The van der Waals surface area contributed by atoms with Gasteiger partial charge in [0.1, 0.15) is 0 Å². The molecule has 0 saturated heterocycles. The van der Waals surface area contributed by atoms with E-state index in [1.165, 1.54) is 11.3 Å². The molecule has 2 aromatic heterocycles. The number of rotatable bonds is 2. The fourth-order valence-electron chi connectivity index (χ4n) is 1.76. The normalized spacial score (nSPS) is 10.0. The summed E-state index contributed by atoms with van der Waals surface area (Å²) in [5, 5.41) is 9.77. The molecule has 0 unspecified atom stereocenters. The fourth-order valence-corrected chi connectivity index (χ4v) is 2.70. The van der Waals surface area contributed by atoms with Crippen molar-refractivity contribution < 1.29 is 4.79 Å². The maximum atomic E-state index is 12.2. The van der Waals surface area contributed by atoms with Crippen molar-refractivity contribution in [1.29, 1.82) is 0 Å². The molecule has 2 aromatic rings. The van der Waals surface area contributed by atoms with E-state index in [9.17, 15) is 4.79 Å². The van der Waals surface area contributed by atoms with Gasteiger partial charge in [-0.15, -0.1) is 11.3 Å². The van der Waals surface area contributed by atoms with E-state index < -0.39 is 0 Å². The van der Waals surface area contributed by atoms with Gasteiger partial charge in [0, 0.05) is 0 Å². The maximum absolute atomic E-state index is 12.2. The minimum Gasteiger partial charge on any atom is -0.320 e. The first-order valence-electron chi connectivity index (χ1n) is 6.15. The number of anilines is 1. The van der Waals surface area contributed by atoms with Gasteiger partial charge in [-0.05, 0) is 32.4 Å². The summed E-state index contributed by atoms with van der Waals surface area (Å²) in [5.74, 6) is 5.63. The number of carbonyl (C=O) groups excluding carboxylic acids is 1. The van der Waals surface area contributed by atoms with Crippen LogP contribution in [0.25, 0.3) is 0 Å². The summed E-state index contributed by atoms with van der Waals surface area (Å²) in [4.78, 5) is 13.7. The average Bonchev–Trinajstić information content (AvgIpc) is 2.94. The monoisotopic (exact) mass is 288 g/mol. The molecule has 0 atom stereocenters. The Balaban J connectivity index is 2.22. The lowest BCUT2D eigenvalue weighted by molar-refractivity contribution is 0.103. The highest BCUT2D eigenvalue weighted by atomic mass is 32.1. The molecule has 6 heteroatoms. The van der Waals surface area contributed by atoms with E-state index in [0.29, 0.717) is 11.4 Å². The molecule has 0 fully saturated rings. The van der Waals surface area contributed by atoms with Gasteiger partial charge in [-0.2, -0.15) is 5.10 Å². The highest BCUT2D eigenvalue weighted by Gasteiger charge is 2.15. The first-order valence-corrected chi connectivity index (χ1v) is 6.97. The summed E-state index contributed by atoms with van der Waals surface area (Å²) in [6, 6.07) is 1.84. The number of amides is 1. The van der Waals surface area contributed by atoms with Crippen LogP contribution in [0.15, 0.2) is 6.07 Å². The molecule has 0 spiro atoms. The second-order valence-electron chi connectivity index (χ2n) is 4.39. The van der Waals surface area contributed by atoms with Crippen molar-refractivity contribution in [2.45, 2.75) is 20.8 Å². The lowest BCUT2D eigenvalue weighted by Gasteiger charge is -2.02. The van der Waals surface area contributed by atoms with E-state index in [-0.39, 0.29) is 5.91 Å². The summed E-state index contributed by atoms with van der Waals surface area (Å²) in [6.45, 7) is 5.96. The van der Waals surface area contributed by atoms with Crippen molar-refractivity contribution >= 4 is 22.9 Å². The van der Waals surface area contributed by atoms with E-state index in [2.05, 4.69) is 27.4 Å². The van der Waals surface area contributed by atoms with Crippen molar-refractivity contribution in [3.05, 3.63) is 32.8 Å². The topological polar surface area (TPSA) is 83.8 Å². The third kappa shape index (κ3) is 2.90. The van der Waals surface area contributed by atoms with Gasteiger partial charge in [0.2, 0.25) is 0 Å². The number of nitrogens with zero attached hydrogens (tertiary/aromatic N) is 1. The molecule has 0 bridgehead atoms. The Morgan fingerprint density at radius 3 is 2.85 bits per heavy atom. The zero-order valence-electron chi connectivity index (χ0n) is 11.6. The van der Waals surface area contributed by atoms with Crippen LogP contribution < -0.4 is 11.1 Å². The molecule has 0 aliphatic heterocycles. The highest BCUT2D eigenvalue weighted by molar-refractivity contribution is 7.14. The van der Waals surface area contributed by atoms with Gasteiger partial charge in [0.15, 0.2) is 0 Å². The van der Waals surface area contributed by atoms with Gasteiger partial charge in [0.05, 0.1) is 33.4 Å². The van der Waals surface area contributed by atoms with Crippen LogP contribution in [-0.2, 0) is 0 Å². The molecule has 0 radical (unpaired) electrons. The van der Waals surface area contributed by atoms with Crippen molar-refractivity contribution in [3.8, 4) is 11.8 Å². The van der Waals surface area contributed by atoms with Crippen molar-refractivity contribution in [2.24, 2.45) is 5.73 Å². The number of aryl methyl sites for hydroxylation is 3. The van der Waals surface area contributed by atoms with Crippen LogP contribution in [-0.4, -0.2) is 22.6 Å². The van der Waals surface area contributed by atoms with Gasteiger partial charge in [-0.25, -0.2) is 0 Å². The van der Waals surface area contributed by atoms with Gasteiger partial charge in [0.25, 0.3) is 5.91 Å². The number of nitrogens with one attached hydrogen (secondary N) is 2. The van der Waals surface area contributed by atoms with Crippen LogP contribution >= 0.6 is 11.3 Å². The molecule has 5 nitrogen and oxygen atoms in total. The zero-order valence-corrected chi connectivity index (χ0v) is 12.4. The molecule has 0 aromatic carbocycles. The second-order valence-corrected chi connectivity index (χ2v) is 5.44. The van der Waals surface area contributed by atoms with Crippen LogP contribution in [0.2, 0.25) is 0 Å². The Labute approximate surface area is 121 Å². The SMILES string of the molecule is Cc1cc(C(=O)Nc2c(C)n[nH]c2C)sc1C#CCN. The smallest absolute Gasteiger partial charge is 0.265 e. The summed E-state index contributed by atoms with van der Waals surface area (Å²) in [7, 11) is 0. The van der Waals surface area contributed by atoms with E-state index in [4.69, 9.17) is 5.73 Å². The number of aromatic amines is 1. The number of nitrogens with two attached hydrogens (primary N) is 1. The number of thiophene rings is 1. The number of aromatic nitrogens is 2. The zero-order chi connectivity index (χ0) is 14.7. The van der Waals surface area contributed by atoms with E-state index in [0.717, 1.165) is 27.5 Å². The van der Waals surface area contributed by atoms with E-state index in [1.807, 2.05) is 26.8 Å². The van der Waals surface area contributed by atoms with Crippen LogP contribution in [0.1, 0.15) is 31.5 Å². The number of hydrogen-bond acceptors (Lipinski definition) is 4. The summed E-state index contributed by atoms with van der Waals surface area (Å²) < 4.78 is 0. The third-order valence-electron chi connectivity index (χ3n) is 2.81. The molecule has 20 heavy (non-hydrogen) atoms. The standard InChI is InChI=1S/C14H16N4OS/c1-8-7-12(20-11(8)5-4-6-15)14(19)16-13-9(2)17-18-10(13)3/h7H,6,15H2,1-3H3,(H,16,19)(H,17,18). The Morgan fingerprint density at radius 2 is 2.25 bits per heavy atom. The molecule has 2 rings (SSSR count). The lowest BCUT2D eigenvalue weighted by atomic mass is 10.2. The fraction of sp³-hybridized carbons (Fsp3) is 0.286. The predicted molar refractivity (Wildman–Crippen MR) is 81.0 cm³/mol. The molecule has 104 valence electrons. The number of carbonyl (C=O) groups is 1. The molecule has 1 amide bonds. The summed E-state index contributed by atoms with van der Waals surface area (Å²) in [5.41, 5.74) is 8.69. The van der Waals surface area contributed by atoms with Crippen LogP contribution in [0.4, 0.5) is 5.69 Å². The third-order valence-corrected chi connectivity index (χ3v) is 3.96. The predicted octanol–water partition coefficient (Wildman–Crippen LogP) is 1.96. The van der Waals surface area contributed by atoms with Gasteiger partial charge < -0.3 is 11.1 Å². The van der Waals surface area contributed by atoms with Crippen molar-refractivity contribution in [3.63, 3.8) is 0 Å². The summed E-state index contributed by atoms with van der Waals surface area (Å²) >= 11 is 1.37. The highest BCUT2D eigenvalue weighted by Crippen LogP contribution is 2.23. The molecule has 0 aliphatic rings. The number of hydrogen-bond donors (Lipinski definition) is 3. The van der Waals surface area contributed by atoms with E-state index >= 15 is 0 Å². The molecule has 2 heterocycles. The maximum Gasteiger partial charge on any atom is 0.265 e. The first kappa shape index (κ1) is 14.3. The summed E-state index contributed by atoms with van der Waals surface area (Å²) in [6.07, 6.45) is 0. The van der Waals surface area contributed by atoms with Gasteiger partial charge in [-0.3, -0.25) is 9.89 Å². The van der Waals surface area contributed by atoms with Crippen LogP contribution in [0, 0.1) is 32.6 Å². The quantitative estimate of drug-likeness (QED) is 0.739.